The first kappa shape index (κ1) is 23.2. The number of carboxylic acids is 1. The summed E-state index contributed by atoms with van der Waals surface area (Å²) in [4.78, 5) is 12.9. The predicted molar refractivity (Wildman–Crippen MR) is 118 cm³/mol. The van der Waals surface area contributed by atoms with Gasteiger partial charge in [-0.1, -0.05) is 11.6 Å². The van der Waals surface area contributed by atoms with Gasteiger partial charge in [0, 0.05) is 43.0 Å². The Kier molecular flexibility index (Phi) is 7.30. The van der Waals surface area contributed by atoms with Gasteiger partial charge in [-0.25, -0.2) is 13.2 Å². The second kappa shape index (κ2) is 9.76. The summed E-state index contributed by atoms with van der Waals surface area (Å²) >= 11 is 6.14. The molecule has 10 heteroatoms. The molecule has 3 rings (SSSR count). The first-order chi connectivity index (χ1) is 14.6. The lowest BCUT2D eigenvalue weighted by Crippen LogP contribution is -2.48. The third kappa shape index (κ3) is 6.03. The van der Waals surface area contributed by atoms with Gasteiger partial charge in [0.05, 0.1) is 11.0 Å². The van der Waals surface area contributed by atoms with Gasteiger partial charge in [-0.15, -0.1) is 0 Å². The van der Waals surface area contributed by atoms with Crippen molar-refractivity contribution in [3.8, 4) is 11.5 Å². The number of halogens is 1. The highest BCUT2D eigenvalue weighted by molar-refractivity contribution is 7.89. The molecule has 2 aromatic rings. The van der Waals surface area contributed by atoms with Gasteiger partial charge in [0.2, 0.25) is 10.0 Å². The number of piperazine rings is 1. The standard InChI is InChI=1S/C21H25ClN2O6S/c1-15(2)30-18-3-5-20(6-4-18)31(27,28)24-9-7-23(8-10-24)17-11-16(22)12-19(13-17)29-14-21(25)26/h3-6,11-13,15H,7-10,14H2,1-2H3,(H,25,26). The molecular weight excluding hydrogens is 444 g/mol. The Morgan fingerprint density at radius 3 is 2.29 bits per heavy atom. The molecule has 0 unspecified atom stereocenters. The topological polar surface area (TPSA) is 96.4 Å². The van der Waals surface area contributed by atoms with E-state index < -0.39 is 22.6 Å². The average Bonchev–Trinajstić information content (AvgIpc) is 2.72. The van der Waals surface area contributed by atoms with E-state index in [4.69, 9.17) is 26.2 Å². The lowest BCUT2D eigenvalue weighted by molar-refractivity contribution is -0.139. The number of anilines is 1. The van der Waals surface area contributed by atoms with E-state index in [-0.39, 0.29) is 11.0 Å². The van der Waals surface area contributed by atoms with E-state index in [2.05, 4.69) is 0 Å². The van der Waals surface area contributed by atoms with E-state index in [0.29, 0.717) is 42.7 Å². The maximum Gasteiger partial charge on any atom is 0.341 e. The van der Waals surface area contributed by atoms with E-state index in [1.54, 1.807) is 42.5 Å². The molecule has 1 fully saturated rings. The molecule has 1 aliphatic rings. The summed E-state index contributed by atoms with van der Waals surface area (Å²) in [6.45, 7) is 4.90. The van der Waals surface area contributed by atoms with Gasteiger partial charge in [0.25, 0.3) is 0 Å². The molecule has 31 heavy (non-hydrogen) atoms. The zero-order chi connectivity index (χ0) is 22.6. The molecule has 1 aliphatic heterocycles. The largest absolute Gasteiger partial charge is 0.491 e. The first-order valence-electron chi connectivity index (χ1n) is 9.82. The average molecular weight is 469 g/mol. The second-order valence-corrected chi connectivity index (χ2v) is 9.73. The Labute approximate surface area is 187 Å². The smallest absolute Gasteiger partial charge is 0.341 e. The number of sulfonamides is 1. The molecule has 0 aliphatic carbocycles. The SMILES string of the molecule is CC(C)Oc1ccc(S(=O)(=O)N2CCN(c3cc(Cl)cc(OCC(=O)O)c3)CC2)cc1. The molecule has 0 spiro atoms. The molecule has 0 radical (unpaired) electrons. The fourth-order valence-corrected chi connectivity index (χ4v) is 4.90. The van der Waals surface area contributed by atoms with Crippen LogP contribution in [-0.4, -0.2) is 62.7 Å². The van der Waals surface area contributed by atoms with Crippen LogP contribution >= 0.6 is 11.6 Å². The minimum Gasteiger partial charge on any atom is -0.491 e. The van der Waals surface area contributed by atoms with E-state index in [9.17, 15) is 13.2 Å². The molecule has 0 saturated carbocycles. The van der Waals surface area contributed by atoms with Crippen LogP contribution in [0.25, 0.3) is 0 Å². The van der Waals surface area contributed by atoms with Crippen molar-refractivity contribution in [3.05, 3.63) is 47.5 Å². The molecule has 1 N–H and O–H groups in total. The number of ether oxygens (including phenoxy) is 2. The summed E-state index contributed by atoms with van der Waals surface area (Å²) in [6, 6.07) is 11.4. The van der Waals surface area contributed by atoms with Crippen LogP contribution in [0.15, 0.2) is 47.4 Å². The van der Waals surface area contributed by atoms with Gasteiger partial charge >= 0.3 is 5.97 Å². The van der Waals surface area contributed by atoms with Crippen molar-refractivity contribution in [2.45, 2.75) is 24.8 Å². The molecule has 0 aromatic heterocycles. The lowest BCUT2D eigenvalue weighted by atomic mass is 10.2. The molecule has 8 nitrogen and oxygen atoms in total. The Bertz CT molecular complexity index is 1020. The first-order valence-corrected chi connectivity index (χ1v) is 11.6. The number of carboxylic acid groups (broad SMARTS) is 1. The van der Waals surface area contributed by atoms with Crippen LogP contribution in [0.4, 0.5) is 5.69 Å². The molecule has 0 bridgehead atoms. The number of nitrogens with zero attached hydrogens (tertiary/aromatic N) is 2. The van der Waals surface area contributed by atoms with E-state index in [0.717, 1.165) is 5.69 Å². The highest BCUT2D eigenvalue weighted by atomic mass is 35.5. The zero-order valence-corrected chi connectivity index (χ0v) is 18.9. The number of benzene rings is 2. The van der Waals surface area contributed by atoms with Crippen LogP contribution in [0.2, 0.25) is 5.02 Å². The van der Waals surface area contributed by atoms with Crippen molar-refractivity contribution in [2.24, 2.45) is 0 Å². The van der Waals surface area contributed by atoms with Crippen LogP contribution in [0, 0.1) is 0 Å². The monoisotopic (exact) mass is 468 g/mol. The lowest BCUT2D eigenvalue weighted by Gasteiger charge is -2.35. The summed E-state index contributed by atoms with van der Waals surface area (Å²) < 4.78 is 38.2. The third-order valence-corrected chi connectivity index (χ3v) is 6.79. The van der Waals surface area contributed by atoms with E-state index in [1.807, 2.05) is 18.7 Å². The van der Waals surface area contributed by atoms with Crippen LogP contribution in [0.5, 0.6) is 11.5 Å². The van der Waals surface area contributed by atoms with E-state index in [1.165, 1.54) is 4.31 Å². The van der Waals surface area contributed by atoms with Crippen molar-refractivity contribution in [1.29, 1.82) is 0 Å². The highest BCUT2D eigenvalue weighted by Gasteiger charge is 2.29. The Morgan fingerprint density at radius 2 is 1.71 bits per heavy atom. The fraction of sp³-hybridized carbons (Fsp3) is 0.381. The Morgan fingerprint density at radius 1 is 1.06 bits per heavy atom. The molecule has 2 aromatic carbocycles. The number of carbonyl (C=O) groups is 1. The summed E-state index contributed by atoms with van der Waals surface area (Å²) in [5.41, 5.74) is 0.750. The van der Waals surface area contributed by atoms with Crippen molar-refractivity contribution in [2.75, 3.05) is 37.7 Å². The highest BCUT2D eigenvalue weighted by Crippen LogP contribution is 2.29. The molecule has 0 amide bonds. The second-order valence-electron chi connectivity index (χ2n) is 7.36. The normalized spacial score (nSPS) is 15.2. The minimum absolute atomic E-state index is 0.0112. The summed E-state index contributed by atoms with van der Waals surface area (Å²) in [6.07, 6.45) is 0.0112. The molecule has 0 atom stereocenters. The summed E-state index contributed by atoms with van der Waals surface area (Å²) in [5.74, 6) is -0.103. The molecule has 168 valence electrons. The van der Waals surface area contributed by atoms with Gasteiger partial charge < -0.3 is 19.5 Å². The van der Waals surface area contributed by atoms with Crippen LogP contribution in [0.3, 0.4) is 0 Å². The molecular formula is C21H25ClN2O6S. The number of rotatable bonds is 8. The molecule has 1 heterocycles. The minimum atomic E-state index is -3.61. The number of aliphatic carboxylic acids is 1. The van der Waals surface area contributed by atoms with Gasteiger partial charge in [-0.05, 0) is 50.2 Å². The number of hydrogen-bond donors (Lipinski definition) is 1. The van der Waals surface area contributed by atoms with Gasteiger partial charge in [0.15, 0.2) is 6.61 Å². The quantitative estimate of drug-likeness (QED) is 0.635. The maximum atomic E-state index is 13.0. The van der Waals surface area contributed by atoms with Crippen LogP contribution in [0.1, 0.15) is 13.8 Å². The maximum absolute atomic E-state index is 13.0. The van der Waals surface area contributed by atoms with Crippen molar-refractivity contribution < 1.29 is 27.8 Å². The predicted octanol–water partition coefficient (Wildman–Crippen LogP) is 3.10. The summed E-state index contributed by atoms with van der Waals surface area (Å²) in [7, 11) is -3.61. The Balaban J connectivity index is 1.66. The third-order valence-electron chi connectivity index (χ3n) is 4.66. The van der Waals surface area contributed by atoms with Crippen molar-refractivity contribution >= 4 is 33.3 Å². The molecule has 1 saturated heterocycles. The van der Waals surface area contributed by atoms with Crippen molar-refractivity contribution in [1.82, 2.24) is 4.31 Å². The van der Waals surface area contributed by atoms with Crippen LogP contribution in [-0.2, 0) is 14.8 Å². The van der Waals surface area contributed by atoms with Gasteiger partial charge in [-0.2, -0.15) is 4.31 Å². The number of hydrogen-bond acceptors (Lipinski definition) is 6. The van der Waals surface area contributed by atoms with E-state index >= 15 is 0 Å². The Hall–Kier alpha value is -2.49. The van der Waals surface area contributed by atoms with Gasteiger partial charge in [-0.3, -0.25) is 0 Å². The van der Waals surface area contributed by atoms with Crippen molar-refractivity contribution in [3.63, 3.8) is 0 Å². The van der Waals surface area contributed by atoms with Crippen LogP contribution < -0.4 is 14.4 Å². The van der Waals surface area contributed by atoms with Gasteiger partial charge in [0.1, 0.15) is 11.5 Å². The fourth-order valence-electron chi connectivity index (χ4n) is 3.26. The summed E-state index contributed by atoms with van der Waals surface area (Å²) in [5, 5.41) is 9.19. The zero-order valence-electron chi connectivity index (χ0n) is 17.3.